The normalized spacial score (nSPS) is 14.5. The van der Waals surface area contributed by atoms with E-state index in [0.29, 0.717) is 12.6 Å². The highest BCUT2D eigenvalue weighted by Crippen LogP contribution is 2.37. The lowest BCUT2D eigenvalue weighted by Gasteiger charge is -2.25. The number of hydrogen-bond donors (Lipinski definition) is 1. The van der Waals surface area contributed by atoms with Gasteiger partial charge in [0.05, 0.1) is 18.5 Å². The van der Waals surface area contributed by atoms with Gasteiger partial charge in [-0.05, 0) is 71.6 Å². The summed E-state index contributed by atoms with van der Waals surface area (Å²) in [4.78, 5) is 2.43. The van der Waals surface area contributed by atoms with Crippen molar-refractivity contribution in [2.24, 2.45) is 5.73 Å². The van der Waals surface area contributed by atoms with E-state index >= 15 is 0 Å². The first-order valence-corrected chi connectivity index (χ1v) is 7.85. The molecule has 2 N–H and O–H groups in total. The van der Waals surface area contributed by atoms with Gasteiger partial charge in [0.15, 0.2) is 0 Å². The summed E-state index contributed by atoms with van der Waals surface area (Å²) in [5.41, 5.74) is 8.13. The number of halogens is 1. The lowest BCUT2D eigenvalue weighted by molar-refractivity contribution is 0.501. The third-order valence-electron chi connectivity index (χ3n) is 3.65. The molecule has 3 nitrogen and oxygen atoms in total. The molecule has 0 radical (unpaired) electrons. The van der Waals surface area contributed by atoms with E-state index in [1.54, 1.807) is 6.26 Å². The van der Waals surface area contributed by atoms with Crippen LogP contribution in [-0.2, 0) is 13.0 Å². The first kappa shape index (κ1) is 13.7. The number of benzene rings is 1. The van der Waals surface area contributed by atoms with Gasteiger partial charge in [-0.1, -0.05) is 6.07 Å². The maximum absolute atomic E-state index is 5.62. The average Bonchev–Trinajstić information content (AvgIpc) is 3.15. The summed E-state index contributed by atoms with van der Waals surface area (Å²) in [6.45, 7) is 1.51. The van der Waals surface area contributed by atoms with Crippen LogP contribution in [-0.4, -0.2) is 12.6 Å². The summed E-state index contributed by atoms with van der Waals surface area (Å²) in [5, 5.41) is 0. The number of anilines is 1. The highest BCUT2D eigenvalue weighted by molar-refractivity contribution is 9.10. The van der Waals surface area contributed by atoms with E-state index in [2.05, 4.69) is 39.0 Å². The maximum Gasteiger partial charge on any atom is 0.123 e. The largest absolute Gasteiger partial charge is 0.467 e. The zero-order valence-corrected chi connectivity index (χ0v) is 13.0. The lowest BCUT2D eigenvalue weighted by Crippen LogP contribution is -2.25. The summed E-state index contributed by atoms with van der Waals surface area (Å²) >= 11 is 3.70. The molecule has 3 rings (SSSR count). The van der Waals surface area contributed by atoms with Gasteiger partial charge in [0.2, 0.25) is 0 Å². The van der Waals surface area contributed by atoms with Crippen molar-refractivity contribution in [1.29, 1.82) is 0 Å². The molecule has 2 aromatic rings. The van der Waals surface area contributed by atoms with Gasteiger partial charge in [-0.25, -0.2) is 0 Å². The molecule has 0 atom stereocenters. The van der Waals surface area contributed by atoms with Crippen LogP contribution in [0.3, 0.4) is 0 Å². The van der Waals surface area contributed by atoms with Crippen LogP contribution in [0.15, 0.2) is 45.5 Å². The van der Waals surface area contributed by atoms with Crippen molar-refractivity contribution in [3.05, 3.63) is 52.4 Å². The Kier molecular flexibility index (Phi) is 4.13. The molecule has 1 aliphatic carbocycles. The molecule has 1 saturated carbocycles. The molecule has 0 amide bonds. The summed E-state index contributed by atoms with van der Waals surface area (Å²) in [6.07, 6.45) is 5.18. The Morgan fingerprint density at radius 2 is 2.15 bits per heavy atom. The van der Waals surface area contributed by atoms with Crippen LogP contribution in [0.2, 0.25) is 0 Å². The van der Waals surface area contributed by atoms with Crippen molar-refractivity contribution in [1.82, 2.24) is 0 Å². The third-order valence-corrected chi connectivity index (χ3v) is 4.28. The fraction of sp³-hybridized carbons (Fsp3) is 0.375. The molecule has 20 heavy (non-hydrogen) atoms. The number of nitrogens with zero attached hydrogens (tertiary/aromatic N) is 1. The standard InChI is InChI=1S/C16H19BrN2O/c17-15-10-12(7-8-18)3-6-16(15)19(13-4-5-13)11-14-2-1-9-20-14/h1-3,6,9-10,13H,4-5,7-8,11,18H2. The molecule has 1 fully saturated rings. The highest BCUT2D eigenvalue weighted by atomic mass is 79.9. The molecule has 1 aromatic heterocycles. The quantitative estimate of drug-likeness (QED) is 0.875. The second-order valence-corrected chi connectivity index (χ2v) is 6.12. The SMILES string of the molecule is NCCc1ccc(N(Cc2ccco2)C2CC2)c(Br)c1. The molecule has 1 aliphatic rings. The van der Waals surface area contributed by atoms with Crippen molar-refractivity contribution in [2.75, 3.05) is 11.4 Å². The second kappa shape index (κ2) is 6.02. The van der Waals surface area contributed by atoms with E-state index in [1.807, 2.05) is 12.1 Å². The van der Waals surface area contributed by atoms with E-state index < -0.39 is 0 Å². The predicted molar refractivity (Wildman–Crippen MR) is 84.8 cm³/mol. The topological polar surface area (TPSA) is 42.4 Å². The molecule has 1 heterocycles. The molecule has 0 unspecified atom stereocenters. The van der Waals surface area contributed by atoms with Crippen molar-refractivity contribution in [3.63, 3.8) is 0 Å². The first-order valence-electron chi connectivity index (χ1n) is 7.05. The molecular weight excluding hydrogens is 316 g/mol. The molecule has 0 spiro atoms. The zero-order chi connectivity index (χ0) is 13.9. The van der Waals surface area contributed by atoms with E-state index in [9.17, 15) is 0 Å². The van der Waals surface area contributed by atoms with Crippen LogP contribution in [0.25, 0.3) is 0 Å². The Balaban J connectivity index is 1.83. The minimum Gasteiger partial charge on any atom is -0.467 e. The second-order valence-electron chi connectivity index (χ2n) is 5.26. The molecule has 1 aromatic carbocycles. The molecule has 0 aliphatic heterocycles. The van der Waals surface area contributed by atoms with Crippen LogP contribution in [0.1, 0.15) is 24.2 Å². The maximum atomic E-state index is 5.62. The van der Waals surface area contributed by atoms with Gasteiger partial charge in [0.1, 0.15) is 5.76 Å². The van der Waals surface area contributed by atoms with Crippen molar-refractivity contribution in [3.8, 4) is 0 Å². The van der Waals surface area contributed by atoms with E-state index in [1.165, 1.54) is 24.1 Å². The summed E-state index contributed by atoms with van der Waals surface area (Å²) < 4.78 is 6.63. The Hall–Kier alpha value is -1.26. The minimum absolute atomic E-state index is 0.636. The van der Waals surface area contributed by atoms with Crippen LogP contribution >= 0.6 is 15.9 Å². The Morgan fingerprint density at radius 3 is 2.75 bits per heavy atom. The first-order chi connectivity index (χ1) is 9.78. The number of hydrogen-bond acceptors (Lipinski definition) is 3. The lowest BCUT2D eigenvalue weighted by atomic mass is 10.1. The van der Waals surface area contributed by atoms with Gasteiger partial charge in [0.25, 0.3) is 0 Å². The van der Waals surface area contributed by atoms with E-state index in [0.717, 1.165) is 23.2 Å². The fourth-order valence-electron chi connectivity index (χ4n) is 2.47. The molecule has 0 bridgehead atoms. The van der Waals surface area contributed by atoms with Crippen LogP contribution in [0.5, 0.6) is 0 Å². The number of furan rings is 1. The van der Waals surface area contributed by atoms with Gasteiger partial charge < -0.3 is 15.1 Å². The highest BCUT2D eigenvalue weighted by Gasteiger charge is 2.30. The average molecular weight is 335 g/mol. The summed E-state index contributed by atoms with van der Waals surface area (Å²) in [5.74, 6) is 1.01. The van der Waals surface area contributed by atoms with E-state index in [4.69, 9.17) is 10.2 Å². The molecule has 0 saturated heterocycles. The summed E-state index contributed by atoms with van der Waals surface area (Å²) in [6, 6.07) is 11.2. The van der Waals surface area contributed by atoms with Gasteiger partial charge in [-0.15, -0.1) is 0 Å². The van der Waals surface area contributed by atoms with Crippen LogP contribution < -0.4 is 10.6 Å². The van der Waals surface area contributed by atoms with Gasteiger partial charge in [0, 0.05) is 10.5 Å². The molecular formula is C16H19BrN2O. The zero-order valence-electron chi connectivity index (χ0n) is 11.4. The van der Waals surface area contributed by atoms with Crippen molar-refractivity contribution in [2.45, 2.75) is 31.8 Å². The fourth-order valence-corrected chi connectivity index (χ4v) is 3.13. The van der Waals surface area contributed by atoms with E-state index in [-0.39, 0.29) is 0 Å². The van der Waals surface area contributed by atoms with Crippen molar-refractivity contribution >= 4 is 21.6 Å². The third kappa shape index (κ3) is 3.07. The molecule has 4 heteroatoms. The monoisotopic (exact) mass is 334 g/mol. The number of nitrogens with two attached hydrogens (primary N) is 1. The van der Waals surface area contributed by atoms with Crippen LogP contribution in [0.4, 0.5) is 5.69 Å². The van der Waals surface area contributed by atoms with Gasteiger partial charge in [-0.2, -0.15) is 0 Å². The smallest absolute Gasteiger partial charge is 0.123 e. The Bertz CT molecular complexity index is 564. The Labute approximate surface area is 127 Å². The minimum atomic E-state index is 0.636. The van der Waals surface area contributed by atoms with Crippen LogP contribution in [0, 0.1) is 0 Å². The number of rotatable bonds is 6. The summed E-state index contributed by atoms with van der Waals surface area (Å²) in [7, 11) is 0. The predicted octanol–water partition coefficient (Wildman–Crippen LogP) is 3.71. The van der Waals surface area contributed by atoms with Gasteiger partial charge in [-0.3, -0.25) is 0 Å². The Morgan fingerprint density at radius 1 is 1.30 bits per heavy atom. The van der Waals surface area contributed by atoms with Gasteiger partial charge >= 0.3 is 0 Å². The van der Waals surface area contributed by atoms with Crippen molar-refractivity contribution < 1.29 is 4.42 Å². The molecule has 106 valence electrons.